The standard InChI is InChI=1S/C46H28N4/c47-29-31-9-7-15-39(25-31)34-17-21-37(22-18-34)44-43-28-41(33-11-3-1-4-12-33)27-42(36-13-5-2-6-14-36)45(43)50-46(49-44)38-23-19-35(20-24-38)40-16-8-10-32(26-40)30-48/h1-28H. The maximum absolute atomic E-state index is 9.45. The van der Waals surface area contributed by atoms with Crippen molar-refractivity contribution in [1.82, 2.24) is 9.97 Å². The van der Waals surface area contributed by atoms with Crippen molar-refractivity contribution in [3.8, 4) is 79.3 Å². The maximum Gasteiger partial charge on any atom is 0.160 e. The molecule has 50 heavy (non-hydrogen) atoms. The van der Waals surface area contributed by atoms with Crippen LogP contribution in [0, 0.1) is 22.7 Å². The topological polar surface area (TPSA) is 73.4 Å². The highest BCUT2D eigenvalue weighted by molar-refractivity contribution is 6.04. The number of hydrogen-bond acceptors (Lipinski definition) is 4. The minimum atomic E-state index is 0.625. The first kappa shape index (κ1) is 30.2. The molecule has 0 aliphatic heterocycles. The molecule has 0 amide bonds. The van der Waals surface area contributed by atoms with E-state index in [-0.39, 0.29) is 0 Å². The summed E-state index contributed by atoms with van der Waals surface area (Å²) in [5.74, 6) is 0.625. The number of hydrogen-bond donors (Lipinski definition) is 0. The van der Waals surface area contributed by atoms with Crippen LogP contribution in [-0.4, -0.2) is 9.97 Å². The molecular formula is C46H28N4. The molecule has 1 aromatic heterocycles. The maximum atomic E-state index is 9.45. The first-order chi connectivity index (χ1) is 24.7. The summed E-state index contributed by atoms with van der Waals surface area (Å²) in [4.78, 5) is 10.5. The lowest BCUT2D eigenvalue weighted by atomic mass is 9.93. The zero-order valence-corrected chi connectivity index (χ0v) is 27.0. The van der Waals surface area contributed by atoms with Gasteiger partial charge in [-0.05, 0) is 75.3 Å². The SMILES string of the molecule is N#Cc1cccc(-c2ccc(-c3nc(-c4ccc(-c5cccc(C#N)c5)cc4)c4cc(-c5ccccc5)cc(-c5ccccc5)c4n3)cc2)c1. The van der Waals surface area contributed by atoms with Crippen LogP contribution in [0.1, 0.15) is 11.1 Å². The molecule has 1 heterocycles. The van der Waals surface area contributed by atoms with Crippen molar-refractivity contribution in [2.45, 2.75) is 0 Å². The molecule has 0 atom stereocenters. The molecule has 7 aromatic carbocycles. The van der Waals surface area contributed by atoms with Crippen LogP contribution in [-0.2, 0) is 0 Å². The summed E-state index contributed by atoms with van der Waals surface area (Å²) in [5.41, 5.74) is 13.1. The smallest absolute Gasteiger partial charge is 0.160 e. The van der Waals surface area contributed by atoms with Crippen molar-refractivity contribution in [3.63, 3.8) is 0 Å². The third kappa shape index (κ3) is 5.90. The number of aromatic nitrogens is 2. The van der Waals surface area contributed by atoms with Gasteiger partial charge in [-0.1, -0.05) is 133 Å². The van der Waals surface area contributed by atoms with Crippen LogP contribution in [0.25, 0.3) is 78.1 Å². The van der Waals surface area contributed by atoms with E-state index in [4.69, 9.17) is 9.97 Å². The average molecular weight is 637 g/mol. The molecule has 0 spiro atoms. The highest BCUT2D eigenvalue weighted by Gasteiger charge is 2.18. The highest BCUT2D eigenvalue weighted by Crippen LogP contribution is 2.39. The minimum Gasteiger partial charge on any atom is -0.227 e. The first-order valence-corrected chi connectivity index (χ1v) is 16.4. The Morgan fingerprint density at radius 3 is 1.40 bits per heavy atom. The van der Waals surface area contributed by atoms with Gasteiger partial charge in [-0.25, -0.2) is 9.97 Å². The predicted octanol–water partition coefficient (Wildman–Crippen LogP) is 11.4. The van der Waals surface area contributed by atoms with Crippen LogP contribution in [0.3, 0.4) is 0 Å². The second kappa shape index (κ2) is 13.2. The largest absolute Gasteiger partial charge is 0.227 e. The van der Waals surface area contributed by atoms with Crippen LogP contribution in [0.2, 0.25) is 0 Å². The summed E-state index contributed by atoms with van der Waals surface area (Å²) < 4.78 is 0. The monoisotopic (exact) mass is 636 g/mol. The van der Waals surface area contributed by atoms with Crippen molar-refractivity contribution in [2.24, 2.45) is 0 Å². The van der Waals surface area contributed by atoms with E-state index in [1.54, 1.807) is 0 Å². The van der Waals surface area contributed by atoms with Crippen molar-refractivity contribution >= 4 is 10.9 Å². The molecule has 0 aliphatic rings. The Hall–Kier alpha value is -7.14. The highest BCUT2D eigenvalue weighted by atomic mass is 14.9. The first-order valence-electron chi connectivity index (χ1n) is 16.4. The van der Waals surface area contributed by atoms with Crippen LogP contribution >= 0.6 is 0 Å². The zero-order valence-electron chi connectivity index (χ0n) is 27.0. The van der Waals surface area contributed by atoms with E-state index in [0.717, 1.165) is 72.2 Å². The number of benzene rings is 7. The van der Waals surface area contributed by atoms with E-state index in [2.05, 4.69) is 109 Å². The van der Waals surface area contributed by atoms with Gasteiger partial charge in [0, 0.05) is 22.1 Å². The van der Waals surface area contributed by atoms with Crippen LogP contribution in [0.4, 0.5) is 0 Å². The van der Waals surface area contributed by atoms with Gasteiger partial charge in [-0.3, -0.25) is 0 Å². The summed E-state index contributed by atoms with van der Waals surface area (Å²) in [6, 6.07) is 61.5. The molecule has 0 unspecified atom stereocenters. The lowest BCUT2D eigenvalue weighted by molar-refractivity contribution is 1.23. The Morgan fingerprint density at radius 2 is 0.840 bits per heavy atom. The molecule has 0 radical (unpaired) electrons. The lowest BCUT2D eigenvalue weighted by Gasteiger charge is -2.16. The van der Waals surface area contributed by atoms with Crippen molar-refractivity contribution in [3.05, 3.63) is 181 Å². The van der Waals surface area contributed by atoms with Crippen molar-refractivity contribution in [2.75, 3.05) is 0 Å². The zero-order chi connectivity index (χ0) is 33.9. The van der Waals surface area contributed by atoms with Crippen molar-refractivity contribution < 1.29 is 0 Å². The van der Waals surface area contributed by atoms with Gasteiger partial charge in [-0.2, -0.15) is 10.5 Å². The number of nitrogens with zero attached hydrogens (tertiary/aromatic N) is 4. The Bertz CT molecular complexity index is 2580. The van der Waals surface area contributed by atoms with Gasteiger partial charge >= 0.3 is 0 Å². The lowest BCUT2D eigenvalue weighted by Crippen LogP contribution is -1.98. The van der Waals surface area contributed by atoms with Gasteiger partial charge in [0.15, 0.2) is 5.82 Å². The fourth-order valence-corrected chi connectivity index (χ4v) is 6.39. The van der Waals surface area contributed by atoms with E-state index < -0.39 is 0 Å². The molecule has 8 rings (SSSR count). The van der Waals surface area contributed by atoms with E-state index >= 15 is 0 Å². The Labute approximate surface area is 290 Å². The average Bonchev–Trinajstić information content (AvgIpc) is 3.21. The van der Waals surface area contributed by atoms with Gasteiger partial charge < -0.3 is 0 Å². The summed E-state index contributed by atoms with van der Waals surface area (Å²) in [7, 11) is 0. The van der Waals surface area contributed by atoms with Gasteiger partial charge in [0.2, 0.25) is 0 Å². The minimum absolute atomic E-state index is 0.625. The second-order valence-electron chi connectivity index (χ2n) is 12.1. The molecule has 0 N–H and O–H groups in total. The summed E-state index contributed by atoms with van der Waals surface area (Å²) in [6.07, 6.45) is 0. The molecule has 232 valence electrons. The number of rotatable bonds is 6. The van der Waals surface area contributed by atoms with E-state index in [9.17, 15) is 10.5 Å². The van der Waals surface area contributed by atoms with E-state index in [0.29, 0.717) is 17.0 Å². The van der Waals surface area contributed by atoms with Gasteiger partial charge in [0.25, 0.3) is 0 Å². The van der Waals surface area contributed by atoms with Crippen LogP contribution in [0.15, 0.2) is 170 Å². The second-order valence-corrected chi connectivity index (χ2v) is 12.1. The Balaban J connectivity index is 1.34. The van der Waals surface area contributed by atoms with Crippen LogP contribution < -0.4 is 0 Å². The molecule has 4 heteroatoms. The summed E-state index contributed by atoms with van der Waals surface area (Å²) in [6.45, 7) is 0. The Morgan fingerprint density at radius 1 is 0.360 bits per heavy atom. The molecule has 4 nitrogen and oxygen atoms in total. The molecule has 8 aromatic rings. The molecular weight excluding hydrogens is 609 g/mol. The van der Waals surface area contributed by atoms with Gasteiger partial charge in [-0.15, -0.1) is 0 Å². The van der Waals surface area contributed by atoms with Gasteiger partial charge in [0.05, 0.1) is 34.5 Å². The molecule has 0 saturated heterocycles. The Kier molecular flexibility index (Phi) is 7.95. The summed E-state index contributed by atoms with van der Waals surface area (Å²) >= 11 is 0. The van der Waals surface area contributed by atoms with Gasteiger partial charge in [0.1, 0.15) is 0 Å². The third-order valence-corrected chi connectivity index (χ3v) is 8.94. The molecule has 0 fully saturated rings. The van der Waals surface area contributed by atoms with Crippen LogP contribution in [0.5, 0.6) is 0 Å². The number of nitriles is 2. The van der Waals surface area contributed by atoms with E-state index in [1.807, 2.05) is 72.8 Å². The quantitative estimate of drug-likeness (QED) is 0.182. The fourth-order valence-electron chi connectivity index (χ4n) is 6.39. The van der Waals surface area contributed by atoms with Crippen molar-refractivity contribution in [1.29, 1.82) is 10.5 Å². The fraction of sp³-hybridized carbons (Fsp3) is 0. The summed E-state index contributed by atoms with van der Waals surface area (Å²) in [5, 5.41) is 19.8. The number of fused-ring (bicyclic) bond motifs is 1. The molecule has 0 aliphatic carbocycles. The normalized spacial score (nSPS) is 10.8. The molecule has 0 bridgehead atoms. The molecule has 0 saturated carbocycles. The predicted molar refractivity (Wildman–Crippen MR) is 202 cm³/mol. The van der Waals surface area contributed by atoms with E-state index in [1.165, 1.54) is 0 Å². The third-order valence-electron chi connectivity index (χ3n) is 8.94.